The van der Waals surface area contributed by atoms with Crippen molar-refractivity contribution in [2.45, 2.75) is 52.9 Å². The van der Waals surface area contributed by atoms with Crippen LogP contribution in [0.3, 0.4) is 0 Å². The standard InChI is InChI=1S/C28H29FN6O2/c1-4-26(27-31-32-33-35(27)15-20-7-9-22(29)10-8-20)34(17-23-6-5-11-37-23)16-21-14-24-19(3)12-18(2)13-25(24)30-28(21)36/h5-14,26H,4,15-17H2,1-3H3,(H,30,36)/t26-/m0/s1. The van der Waals surface area contributed by atoms with Crippen LogP contribution < -0.4 is 5.56 Å². The first-order valence-corrected chi connectivity index (χ1v) is 12.3. The zero-order valence-corrected chi connectivity index (χ0v) is 21.1. The number of furan rings is 1. The fourth-order valence-electron chi connectivity index (χ4n) is 4.86. The van der Waals surface area contributed by atoms with Crippen molar-refractivity contribution in [3.05, 3.63) is 111 Å². The molecule has 37 heavy (non-hydrogen) atoms. The minimum absolute atomic E-state index is 0.122. The third-order valence-electron chi connectivity index (χ3n) is 6.63. The van der Waals surface area contributed by atoms with Gasteiger partial charge in [0.05, 0.1) is 25.4 Å². The predicted molar refractivity (Wildman–Crippen MR) is 138 cm³/mol. The summed E-state index contributed by atoms with van der Waals surface area (Å²) in [6.45, 7) is 7.39. The zero-order chi connectivity index (χ0) is 25.9. The summed E-state index contributed by atoms with van der Waals surface area (Å²) in [5.74, 6) is 1.16. The minimum atomic E-state index is -0.289. The molecule has 0 unspecified atom stereocenters. The summed E-state index contributed by atoms with van der Waals surface area (Å²) in [6, 6.07) is 15.9. The predicted octanol–water partition coefficient (Wildman–Crippen LogP) is 5.07. The highest BCUT2D eigenvalue weighted by Gasteiger charge is 2.27. The number of aryl methyl sites for hydroxylation is 2. The molecule has 0 aliphatic carbocycles. The van der Waals surface area contributed by atoms with Crippen molar-refractivity contribution in [3.8, 4) is 0 Å². The van der Waals surface area contributed by atoms with Crippen LogP contribution in [0.2, 0.25) is 0 Å². The Morgan fingerprint density at radius 3 is 2.65 bits per heavy atom. The van der Waals surface area contributed by atoms with Gasteiger partial charge in [0, 0.05) is 23.0 Å². The third kappa shape index (κ3) is 5.36. The van der Waals surface area contributed by atoms with E-state index in [1.54, 1.807) is 23.1 Å². The number of benzene rings is 2. The molecule has 0 amide bonds. The molecular weight excluding hydrogens is 471 g/mol. The number of fused-ring (bicyclic) bond motifs is 1. The largest absolute Gasteiger partial charge is 0.468 e. The van der Waals surface area contributed by atoms with Crippen LogP contribution in [0.15, 0.2) is 70.1 Å². The van der Waals surface area contributed by atoms with Gasteiger partial charge in [0.1, 0.15) is 11.6 Å². The highest BCUT2D eigenvalue weighted by Crippen LogP contribution is 2.27. The van der Waals surface area contributed by atoms with Crippen molar-refractivity contribution < 1.29 is 8.81 Å². The fraction of sp³-hybridized carbons (Fsp3) is 0.286. The second-order valence-electron chi connectivity index (χ2n) is 9.40. The molecule has 9 heteroatoms. The Balaban J connectivity index is 1.51. The maximum Gasteiger partial charge on any atom is 0.252 e. The van der Waals surface area contributed by atoms with E-state index in [1.807, 2.05) is 31.2 Å². The van der Waals surface area contributed by atoms with Crippen LogP contribution in [0.5, 0.6) is 0 Å². The number of nitrogens with zero attached hydrogens (tertiary/aromatic N) is 5. The van der Waals surface area contributed by atoms with Gasteiger partial charge in [-0.25, -0.2) is 9.07 Å². The molecule has 0 bridgehead atoms. The van der Waals surface area contributed by atoms with Crippen LogP contribution in [0, 0.1) is 19.7 Å². The molecule has 0 aliphatic rings. The molecule has 0 radical (unpaired) electrons. The summed E-state index contributed by atoms with van der Waals surface area (Å²) < 4.78 is 20.8. The van der Waals surface area contributed by atoms with E-state index in [4.69, 9.17) is 4.42 Å². The summed E-state index contributed by atoms with van der Waals surface area (Å²) in [7, 11) is 0. The Kier molecular flexibility index (Phi) is 6.96. The van der Waals surface area contributed by atoms with Crippen molar-refractivity contribution in [1.29, 1.82) is 0 Å². The van der Waals surface area contributed by atoms with Crippen LogP contribution in [0.25, 0.3) is 10.9 Å². The molecule has 0 spiro atoms. The van der Waals surface area contributed by atoms with E-state index >= 15 is 0 Å². The normalized spacial score (nSPS) is 12.5. The zero-order valence-electron chi connectivity index (χ0n) is 21.1. The van der Waals surface area contributed by atoms with Crippen molar-refractivity contribution in [2.24, 2.45) is 0 Å². The molecule has 5 rings (SSSR count). The second kappa shape index (κ2) is 10.5. The van der Waals surface area contributed by atoms with Crippen LogP contribution >= 0.6 is 0 Å². The Labute approximate surface area is 213 Å². The van der Waals surface area contributed by atoms with E-state index in [1.165, 1.54) is 12.1 Å². The third-order valence-corrected chi connectivity index (χ3v) is 6.63. The van der Waals surface area contributed by atoms with Crippen LogP contribution in [0.1, 0.15) is 53.2 Å². The van der Waals surface area contributed by atoms with Crippen molar-refractivity contribution in [1.82, 2.24) is 30.1 Å². The lowest BCUT2D eigenvalue weighted by Crippen LogP contribution is -2.32. The Hall–Kier alpha value is -4.11. The number of aromatic amines is 1. The fourth-order valence-corrected chi connectivity index (χ4v) is 4.86. The quantitative estimate of drug-likeness (QED) is 0.304. The molecule has 0 saturated heterocycles. The summed E-state index contributed by atoms with van der Waals surface area (Å²) >= 11 is 0. The number of hydrogen-bond acceptors (Lipinski definition) is 6. The summed E-state index contributed by atoms with van der Waals surface area (Å²) in [6.07, 6.45) is 2.34. The molecule has 2 aromatic carbocycles. The maximum absolute atomic E-state index is 13.4. The lowest BCUT2D eigenvalue weighted by Gasteiger charge is -2.29. The monoisotopic (exact) mass is 500 g/mol. The minimum Gasteiger partial charge on any atom is -0.468 e. The first-order chi connectivity index (χ1) is 17.9. The molecule has 3 aromatic heterocycles. The highest BCUT2D eigenvalue weighted by atomic mass is 19.1. The molecule has 0 saturated carbocycles. The van der Waals surface area contributed by atoms with E-state index in [-0.39, 0.29) is 17.4 Å². The maximum atomic E-state index is 13.4. The Morgan fingerprint density at radius 1 is 1.11 bits per heavy atom. The number of tetrazole rings is 1. The number of rotatable bonds is 9. The number of pyridine rings is 1. The topological polar surface area (TPSA) is 92.8 Å². The summed E-state index contributed by atoms with van der Waals surface area (Å²) in [5, 5.41) is 13.5. The highest BCUT2D eigenvalue weighted by molar-refractivity contribution is 5.83. The SMILES string of the molecule is CC[C@@H](c1nnnn1Cc1ccc(F)cc1)N(Cc1ccco1)Cc1cc2c(C)cc(C)cc2[nH]c1=O. The van der Waals surface area contributed by atoms with E-state index in [0.29, 0.717) is 37.4 Å². The Bertz CT molecular complexity index is 1560. The number of aromatic nitrogens is 5. The van der Waals surface area contributed by atoms with Gasteiger partial charge in [0.15, 0.2) is 5.82 Å². The van der Waals surface area contributed by atoms with Gasteiger partial charge in [-0.15, -0.1) is 5.10 Å². The number of halogens is 1. The summed E-state index contributed by atoms with van der Waals surface area (Å²) in [5.41, 5.74) is 4.47. The van der Waals surface area contributed by atoms with Crippen LogP contribution in [-0.2, 0) is 19.6 Å². The van der Waals surface area contributed by atoms with Crippen molar-refractivity contribution in [2.75, 3.05) is 0 Å². The average Bonchev–Trinajstić information content (AvgIpc) is 3.54. The lowest BCUT2D eigenvalue weighted by atomic mass is 10.0. The molecule has 8 nitrogen and oxygen atoms in total. The average molecular weight is 501 g/mol. The number of H-pyrrole nitrogens is 1. The van der Waals surface area contributed by atoms with Crippen molar-refractivity contribution in [3.63, 3.8) is 0 Å². The molecule has 1 N–H and O–H groups in total. The second-order valence-corrected chi connectivity index (χ2v) is 9.40. The molecule has 0 aliphatic heterocycles. The number of nitrogens with one attached hydrogen (secondary N) is 1. The number of hydrogen-bond donors (Lipinski definition) is 1. The van der Waals surface area contributed by atoms with Gasteiger partial charge >= 0.3 is 0 Å². The summed E-state index contributed by atoms with van der Waals surface area (Å²) in [4.78, 5) is 18.4. The van der Waals surface area contributed by atoms with Crippen LogP contribution in [0.4, 0.5) is 4.39 Å². The van der Waals surface area contributed by atoms with Gasteiger partial charge in [0.2, 0.25) is 0 Å². The molecular formula is C28H29FN6O2. The molecule has 3 heterocycles. The van der Waals surface area contributed by atoms with E-state index in [2.05, 4.69) is 45.3 Å². The Morgan fingerprint density at radius 2 is 1.92 bits per heavy atom. The smallest absolute Gasteiger partial charge is 0.252 e. The van der Waals surface area contributed by atoms with Gasteiger partial charge < -0.3 is 9.40 Å². The van der Waals surface area contributed by atoms with Gasteiger partial charge in [0.25, 0.3) is 5.56 Å². The van der Waals surface area contributed by atoms with Gasteiger partial charge in [-0.1, -0.05) is 25.1 Å². The molecule has 0 fully saturated rings. The van der Waals surface area contributed by atoms with E-state index in [9.17, 15) is 9.18 Å². The van der Waals surface area contributed by atoms with Crippen LogP contribution in [-0.4, -0.2) is 30.1 Å². The first kappa shape index (κ1) is 24.6. The van der Waals surface area contributed by atoms with Gasteiger partial charge in [-0.3, -0.25) is 9.69 Å². The van der Waals surface area contributed by atoms with E-state index < -0.39 is 0 Å². The lowest BCUT2D eigenvalue weighted by molar-refractivity contribution is 0.149. The van der Waals surface area contributed by atoms with Gasteiger partial charge in [-0.2, -0.15) is 0 Å². The van der Waals surface area contributed by atoms with Gasteiger partial charge in [-0.05, 0) is 83.8 Å². The first-order valence-electron chi connectivity index (χ1n) is 12.3. The van der Waals surface area contributed by atoms with Crippen molar-refractivity contribution >= 4 is 10.9 Å². The molecule has 190 valence electrons. The van der Waals surface area contributed by atoms with E-state index in [0.717, 1.165) is 33.4 Å². The molecule has 5 aromatic rings. The molecule has 1 atom stereocenters.